The van der Waals surface area contributed by atoms with Crippen molar-refractivity contribution >= 4 is 15.8 Å². The van der Waals surface area contributed by atoms with Crippen molar-refractivity contribution in [3.05, 3.63) is 18.3 Å². The van der Waals surface area contributed by atoms with Gasteiger partial charge in [-0.15, -0.1) is 6.42 Å². The summed E-state index contributed by atoms with van der Waals surface area (Å²) in [5, 5.41) is 0. The van der Waals surface area contributed by atoms with Crippen LogP contribution < -0.4 is 10.5 Å². The molecule has 0 aliphatic rings. The molecule has 14 heavy (non-hydrogen) atoms. The molecule has 0 aromatic carbocycles. The van der Waals surface area contributed by atoms with Gasteiger partial charge in [0, 0.05) is 6.20 Å². The summed E-state index contributed by atoms with van der Waals surface area (Å²) in [5.74, 6) is 2.43. The zero-order chi connectivity index (χ0) is 10.6. The molecule has 0 spiro atoms. The number of sulfonamides is 1. The van der Waals surface area contributed by atoms with Crippen LogP contribution in [-0.4, -0.2) is 19.9 Å². The van der Waals surface area contributed by atoms with Crippen LogP contribution in [0.1, 0.15) is 0 Å². The molecule has 74 valence electrons. The number of nitrogens with zero attached hydrogens (tertiary/aromatic N) is 1. The smallest absolute Gasteiger partial charge is 0.242 e. The normalized spacial score (nSPS) is 10.8. The monoisotopic (exact) mass is 211 g/mol. The second kappa shape index (κ2) is 4.09. The van der Waals surface area contributed by atoms with Gasteiger partial charge in [0.1, 0.15) is 10.7 Å². The van der Waals surface area contributed by atoms with E-state index in [1.807, 2.05) is 0 Å². The Morgan fingerprint density at radius 1 is 1.57 bits per heavy atom. The maximum atomic E-state index is 11.4. The number of nitrogens with two attached hydrogens (primary N) is 1. The van der Waals surface area contributed by atoms with Crippen LogP contribution >= 0.6 is 0 Å². The molecule has 1 aromatic rings. The first-order valence-corrected chi connectivity index (χ1v) is 5.19. The summed E-state index contributed by atoms with van der Waals surface area (Å²) in [7, 11) is -3.55. The summed E-state index contributed by atoms with van der Waals surface area (Å²) in [4.78, 5) is 3.70. The quantitative estimate of drug-likeness (QED) is 0.665. The maximum Gasteiger partial charge on any atom is 0.242 e. The molecular formula is C8H9N3O2S. The summed E-state index contributed by atoms with van der Waals surface area (Å²) < 4.78 is 25.0. The number of rotatable bonds is 3. The van der Waals surface area contributed by atoms with Gasteiger partial charge in [0.15, 0.2) is 0 Å². The third kappa shape index (κ3) is 2.45. The molecule has 0 saturated carbocycles. The Morgan fingerprint density at radius 2 is 2.29 bits per heavy atom. The van der Waals surface area contributed by atoms with Crippen LogP contribution in [-0.2, 0) is 10.0 Å². The number of nitrogen functional groups attached to an aromatic ring is 1. The molecule has 0 aliphatic carbocycles. The number of aromatic nitrogens is 1. The summed E-state index contributed by atoms with van der Waals surface area (Å²) >= 11 is 0. The van der Waals surface area contributed by atoms with E-state index in [1.165, 1.54) is 18.3 Å². The van der Waals surface area contributed by atoms with Gasteiger partial charge in [0.2, 0.25) is 10.0 Å². The van der Waals surface area contributed by atoms with Crippen molar-refractivity contribution < 1.29 is 8.42 Å². The number of hydrogen-bond donors (Lipinski definition) is 2. The average molecular weight is 211 g/mol. The van der Waals surface area contributed by atoms with Gasteiger partial charge in [0.25, 0.3) is 0 Å². The fraction of sp³-hybridized carbons (Fsp3) is 0.125. The predicted octanol–water partition coefficient (Wildman–Crippen LogP) is -0.425. The molecule has 1 aromatic heterocycles. The van der Waals surface area contributed by atoms with E-state index < -0.39 is 10.0 Å². The lowest BCUT2D eigenvalue weighted by Crippen LogP contribution is -2.24. The third-order valence-electron chi connectivity index (χ3n) is 1.43. The Bertz CT molecular complexity index is 444. The summed E-state index contributed by atoms with van der Waals surface area (Å²) in [6.07, 6.45) is 6.10. The van der Waals surface area contributed by atoms with E-state index in [1.54, 1.807) is 0 Å². The van der Waals surface area contributed by atoms with Crippen LogP contribution in [0.15, 0.2) is 23.2 Å². The van der Waals surface area contributed by atoms with Crippen LogP contribution in [0.5, 0.6) is 0 Å². The predicted molar refractivity (Wildman–Crippen MR) is 52.7 cm³/mol. The first kappa shape index (κ1) is 10.5. The van der Waals surface area contributed by atoms with Crippen molar-refractivity contribution in [1.29, 1.82) is 0 Å². The number of pyridine rings is 1. The van der Waals surface area contributed by atoms with E-state index in [4.69, 9.17) is 12.2 Å². The van der Waals surface area contributed by atoms with Crippen molar-refractivity contribution in [3.63, 3.8) is 0 Å². The molecule has 6 heteroatoms. The number of hydrogen-bond acceptors (Lipinski definition) is 4. The molecule has 0 amide bonds. The number of terminal acetylenes is 1. The third-order valence-corrected chi connectivity index (χ3v) is 2.82. The molecule has 1 rings (SSSR count). The summed E-state index contributed by atoms with van der Waals surface area (Å²) in [6.45, 7) is -0.0489. The second-order valence-corrected chi connectivity index (χ2v) is 4.21. The Balaban J connectivity index is 2.94. The van der Waals surface area contributed by atoms with E-state index in [2.05, 4.69) is 15.6 Å². The topological polar surface area (TPSA) is 85.1 Å². The van der Waals surface area contributed by atoms with E-state index in [9.17, 15) is 8.42 Å². The molecule has 0 atom stereocenters. The molecule has 0 fully saturated rings. The first-order chi connectivity index (χ1) is 6.56. The highest BCUT2D eigenvalue weighted by Gasteiger charge is 2.12. The average Bonchev–Trinajstić information content (AvgIpc) is 2.16. The molecule has 0 aliphatic heterocycles. The van der Waals surface area contributed by atoms with Gasteiger partial charge in [-0.3, -0.25) is 0 Å². The molecule has 0 bridgehead atoms. The Labute approximate surface area is 82.4 Å². The number of anilines is 1. The lowest BCUT2D eigenvalue weighted by Gasteiger charge is -2.02. The highest BCUT2D eigenvalue weighted by molar-refractivity contribution is 7.89. The minimum atomic E-state index is -3.55. The lowest BCUT2D eigenvalue weighted by atomic mass is 10.5. The van der Waals surface area contributed by atoms with Crippen LogP contribution in [0.25, 0.3) is 0 Å². The van der Waals surface area contributed by atoms with E-state index in [0.717, 1.165) is 0 Å². The minimum absolute atomic E-state index is 0.0435. The molecule has 1 heterocycles. The second-order valence-electron chi connectivity index (χ2n) is 2.45. The van der Waals surface area contributed by atoms with Crippen molar-refractivity contribution in [3.8, 4) is 12.3 Å². The van der Waals surface area contributed by atoms with Gasteiger partial charge in [-0.25, -0.2) is 13.4 Å². The summed E-state index contributed by atoms with van der Waals surface area (Å²) in [5.41, 5.74) is 5.31. The van der Waals surface area contributed by atoms with E-state index >= 15 is 0 Å². The van der Waals surface area contributed by atoms with Crippen molar-refractivity contribution in [2.45, 2.75) is 4.90 Å². The van der Waals surface area contributed by atoms with E-state index in [-0.39, 0.29) is 17.3 Å². The van der Waals surface area contributed by atoms with Gasteiger partial charge in [0.05, 0.1) is 6.54 Å². The highest BCUT2D eigenvalue weighted by atomic mass is 32.2. The fourth-order valence-electron chi connectivity index (χ4n) is 0.771. The van der Waals surface area contributed by atoms with Crippen LogP contribution in [0.2, 0.25) is 0 Å². The van der Waals surface area contributed by atoms with Crippen LogP contribution in [0.4, 0.5) is 5.82 Å². The summed E-state index contributed by atoms with van der Waals surface area (Å²) in [6, 6.07) is 2.77. The van der Waals surface area contributed by atoms with Crippen molar-refractivity contribution in [2.24, 2.45) is 0 Å². The highest BCUT2D eigenvalue weighted by Crippen LogP contribution is 2.07. The van der Waals surface area contributed by atoms with Gasteiger partial charge < -0.3 is 5.73 Å². The van der Waals surface area contributed by atoms with E-state index in [0.29, 0.717) is 0 Å². The zero-order valence-electron chi connectivity index (χ0n) is 7.27. The fourth-order valence-corrected chi connectivity index (χ4v) is 1.65. The van der Waals surface area contributed by atoms with Crippen LogP contribution in [0, 0.1) is 12.3 Å². The lowest BCUT2D eigenvalue weighted by molar-refractivity contribution is 0.585. The molecular weight excluding hydrogens is 202 g/mol. The molecule has 0 unspecified atom stereocenters. The Morgan fingerprint density at radius 3 is 2.79 bits per heavy atom. The van der Waals surface area contributed by atoms with Crippen molar-refractivity contribution in [2.75, 3.05) is 12.3 Å². The first-order valence-electron chi connectivity index (χ1n) is 3.71. The standard InChI is InChI=1S/C8H9N3O2S/c1-2-5-11-14(12,13)7-3-4-8(9)10-6-7/h1,3-4,6,11H,5H2,(H2,9,10). The van der Waals surface area contributed by atoms with Gasteiger partial charge in [-0.05, 0) is 12.1 Å². The van der Waals surface area contributed by atoms with Gasteiger partial charge in [-0.1, -0.05) is 5.92 Å². The Kier molecular flexibility index (Phi) is 3.06. The van der Waals surface area contributed by atoms with Crippen molar-refractivity contribution in [1.82, 2.24) is 9.71 Å². The maximum absolute atomic E-state index is 11.4. The molecule has 3 N–H and O–H groups in total. The zero-order valence-corrected chi connectivity index (χ0v) is 8.08. The SMILES string of the molecule is C#CCNS(=O)(=O)c1ccc(N)nc1. The number of nitrogens with one attached hydrogen (secondary N) is 1. The molecule has 0 radical (unpaired) electrons. The van der Waals surface area contributed by atoms with Gasteiger partial charge in [-0.2, -0.15) is 4.72 Å². The van der Waals surface area contributed by atoms with Crippen LogP contribution in [0.3, 0.4) is 0 Å². The van der Waals surface area contributed by atoms with Gasteiger partial charge >= 0.3 is 0 Å². The molecule has 0 saturated heterocycles. The molecule has 5 nitrogen and oxygen atoms in total. The Hall–Kier alpha value is -1.58. The largest absolute Gasteiger partial charge is 0.384 e. The minimum Gasteiger partial charge on any atom is -0.384 e.